The van der Waals surface area contributed by atoms with Crippen molar-refractivity contribution in [3.63, 3.8) is 0 Å². The van der Waals surface area contributed by atoms with Gasteiger partial charge >= 0.3 is 0 Å². The van der Waals surface area contributed by atoms with Crippen molar-refractivity contribution >= 4 is 50.7 Å². The molecular weight excluding hydrogens is 373 g/mol. The summed E-state index contributed by atoms with van der Waals surface area (Å²) in [5.74, 6) is 0.0357. The summed E-state index contributed by atoms with van der Waals surface area (Å²) < 4.78 is 0. The van der Waals surface area contributed by atoms with E-state index in [2.05, 4.69) is 42.0 Å². The van der Waals surface area contributed by atoms with Crippen molar-refractivity contribution < 1.29 is 4.79 Å². The van der Waals surface area contributed by atoms with Crippen LogP contribution in [0.5, 0.6) is 0 Å². The van der Waals surface area contributed by atoms with Crippen LogP contribution in [-0.4, -0.2) is 10.7 Å². The summed E-state index contributed by atoms with van der Waals surface area (Å²) in [6.07, 6.45) is 1.96. The first-order valence-corrected chi connectivity index (χ1v) is 8.75. The van der Waals surface area contributed by atoms with Gasteiger partial charge in [0, 0.05) is 4.83 Å². The fourth-order valence-electron chi connectivity index (χ4n) is 4.29. The van der Waals surface area contributed by atoms with Crippen LogP contribution in [0.25, 0.3) is 0 Å². The number of benzene rings is 1. The molecule has 1 amide bonds. The maximum absolute atomic E-state index is 13.0. The van der Waals surface area contributed by atoms with Gasteiger partial charge in [0.15, 0.2) is 0 Å². The third kappa shape index (κ3) is 1.69. The number of amides is 1. The molecular formula is C16H18BrCl2NO. The Balaban J connectivity index is 1.92. The zero-order valence-electron chi connectivity index (χ0n) is 12.3. The smallest absolute Gasteiger partial charge is 0.232 e. The molecule has 3 fully saturated rings. The fraction of sp³-hybridized carbons (Fsp3) is 0.562. The molecule has 0 aliphatic heterocycles. The molecule has 4 rings (SSSR count). The Kier molecular flexibility index (Phi) is 3.44. The van der Waals surface area contributed by atoms with Crippen LogP contribution in [-0.2, 0) is 4.79 Å². The average molecular weight is 391 g/mol. The molecule has 3 saturated carbocycles. The summed E-state index contributed by atoms with van der Waals surface area (Å²) in [6, 6.07) is 5.29. The first kappa shape index (κ1) is 15.6. The summed E-state index contributed by atoms with van der Waals surface area (Å²) in [6.45, 7) is 6.64. The Hall–Kier alpha value is -0.250. The van der Waals surface area contributed by atoms with Gasteiger partial charge in [-0.2, -0.15) is 0 Å². The van der Waals surface area contributed by atoms with E-state index in [9.17, 15) is 4.79 Å². The molecule has 0 radical (unpaired) electrons. The van der Waals surface area contributed by atoms with Crippen LogP contribution < -0.4 is 5.32 Å². The molecule has 1 N–H and O–H groups in total. The fourth-order valence-corrected chi connectivity index (χ4v) is 6.45. The minimum Gasteiger partial charge on any atom is -0.324 e. The largest absolute Gasteiger partial charge is 0.324 e. The molecule has 0 aromatic heterocycles. The second-order valence-corrected chi connectivity index (χ2v) is 8.63. The lowest BCUT2D eigenvalue weighted by Crippen LogP contribution is -2.68. The number of anilines is 1. The molecule has 3 aliphatic carbocycles. The quantitative estimate of drug-likeness (QED) is 0.661. The number of hydrogen-bond donors (Lipinski definition) is 1. The maximum Gasteiger partial charge on any atom is 0.232 e. The number of fused-ring (bicyclic) bond motifs is 1. The number of carbonyl (C=O) groups excluding carboxylic acids is 1. The van der Waals surface area contributed by atoms with Crippen LogP contribution in [0.2, 0.25) is 10.0 Å². The lowest BCUT2D eigenvalue weighted by molar-refractivity contribution is -0.155. The second-order valence-electron chi connectivity index (χ2n) is 6.93. The lowest BCUT2D eigenvalue weighted by Gasteiger charge is -2.64. The van der Waals surface area contributed by atoms with Gasteiger partial charge < -0.3 is 5.32 Å². The SMILES string of the molecule is CC1(C)[C@]2(C(=O)Nc3cccc(Cl)c3Cl)CC[C@]1(C)[C@H]2Br. The first-order chi connectivity index (χ1) is 9.68. The molecule has 0 spiro atoms. The number of alkyl halides is 1. The summed E-state index contributed by atoms with van der Waals surface area (Å²) in [4.78, 5) is 13.2. The number of nitrogens with one attached hydrogen (secondary N) is 1. The summed E-state index contributed by atoms with van der Waals surface area (Å²) in [5, 5.41) is 3.84. The average Bonchev–Trinajstić information content (AvgIpc) is 2.83. The van der Waals surface area contributed by atoms with Crippen molar-refractivity contribution in [3.05, 3.63) is 28.2 Å². The highest BCUT2D eigenvalue weighted by Crippen LogP contribution is 2.79. The highest BCUT2D eigenvalue weighted by atomic mass is 79.9. The monoisotopic (exact) mass is 389 g/mol. The van der Waals surface area contributed by atoms with E-state index in [0.717, 1.165) is 12.8 Å². The van der Waals surface area contributed by atoms with Crippen molar-refractivity contribution in [1.29, 1.82) is 0 Å². The Morgan fingerprint density at radius 3 is 2.48 bits per heavy atom. The molecule has 0 saturated heterocycles. The van der Waals surface area contributed by atoms with Gasteiger partial charge in [-0.15, -0.1) is 0 Å². The maximum atomic E-state index is 13.0. The zero-order valence-corrected chi connectivity index (χ0v) is 15.4. The van der Waals surface area contributed by atoms with Gasteiger partial charge in [0.2, 0.25) is 5.91 Å². The minimum atomic E-state index is -0.382. The van der Waals surface area contributed by atoms with E-state index in [1.807, 2.05) is 0 Å². The minimum absolute atomic E-state index is 0.0357. The topological polar surface area (TPSA) is 29.1 Å². The van der Waals surface area contributed by atoms with Gasteiger partial charge in [0.1, 0.15) is 0 Å². The predicted molar refractivity (Wildman–Crippen MR) is 91.4 cm³/mol. The van der Waals surface area contributed by atoms with Gasteiger partial charge in [-0.05, 0) is 35.8 Å². The number of halogens is 3. The van der Waals surface area contributed by atoms with Gasteiger partial charge in [-0.3, -0.25) is 4.79 Å². The molecule has 21 heavy (non-hydrogen) atoms. The summed E-state index contributed by atoms with van der Waals surface area (Å²) >= 11 is 16.0. The molecule has 2 bridgehead atoms. The Labute approximate surface area is 143 Å². The van der Waals surface area contributed by atoms with E-state index >= 15 is 0 Å². The standard InChI is InChI=1S/C16H18BrCl2NO/c1-14(2)15(3)7-8-16(14,12(15)17)13(21)20-10-6-4-5-9(18)11(10)19/h4-6,12H,7-8H2,1-3H3,(H,20,21)/t12-,15-,16-/m1/s1. The zero-order chi connectivity index (χ0) is 15.6. The van der Waals surface area contributed by atoms with Gasteiger partial charge in [0.25, 0.3) is 0 Å². The van der Waals surface area contributed by atoms with Crippen molar-refractivity contribution in [2.75, 3.05) is 5.32 Å². The number of carbonyl (C=O) groups is 1. The summed E-state index contributed by atoms with van der Waals surface area (Å²) in [7, 11) is 0. The number of rotatable bonds is 2. The van der Waals surface area contributed by atoms with E-state index < -0.39 is 0 Å². The van der Waals surface area contributed by atoms with Crippen molar-refractivity contribution in [2.24, 2.45) is 16.2 Å². The molecule has 3 aliphatic rings. The molecule has 2 nitrogen and oxygen atoms in total. The van der Waals surface area contributed by atoms with E-state index in [0.29, 0.717) is 15.7 Å². The van der Waals surface area contributed by atoms with E-state index in [1.165, 1.54) is 0 Å². The van der Waals surface area contributed by atoms with E-state index in [1.54, 1.807) is 18.2 Å². The van der Waals surface area contributed by atoms with Crippen molar-refractivity contribution in [3.8, 4) is 0 Å². The highest BCUT2D eigenvalue weighted by molar-refractivity contribution is 9.09. The third-order valence-corrected chi connectivity index (χ3v) is 8.79. The van der Waals surface area contributed by atoms with Crippen LogP contribution >= 0.6 is 39.1 Å². The highest BCUT2D eigenvalue weighted by Gasteiger charge is 2.80. The van der Waals surface area contributed by atoms with E-state index in [-0.39, 0.29) is 27.0 Å². The molecule has 1 aromatic rings. The van der Waals surface area contributed by atoms with Crippen LogP contribution in [0.4, 0.5) is 5.69 Å². The van der Waals surface area contributed by atoms with Crippen molar-refractivity contribution in [1.82, 2.24) is 0 Å². The van der Waals surface area contributed by atoms with Gasteiger partial charge in [-0.25, -0.2) is 0 Å². The molecule has 3 atom stereocenters. The first-order valence-electron chi connectivity index (χ1n) is 7.08. The normalized spacial score (nSPS) is 36.2. The Morgan fingerprint density at radius 1 is 1.29 bits per heavy atom. The van der Waals surface area contributed by atoms with E-state index in [4.69, 9.17) is 23.2 Å². The summed E-state index contributed by atoms with van der Waals surface area (Å²) in [5.41, 5.74) is 0.332. The Bertz CT molecular complexity index is 633. The lowest BCUT2D eigenvalue weighted by atomic mass is 9.43. The van der Waals surface area contributed by atoms with Crippen LogP contribution in [0, 0.1) is 16.2 Å². The molecule has 5 heteroatoms. The second kappa shape index (κ2) is 4.62. The molecule has 114 valence electrons. The van der Waals surface area contributed by atoms with Gasteiger partial charge in [-0.1, -0.05) is 66.0 Å². The molecule has 1 aromatic carbocycles. The van der Waals surface area contributed by atoms with Crippen LogP contribution in [0.3, 0.4) is 0 Å². The van der Waals surface area contributed by atoms with Crippen LogP contribution in [0.1, 0.15) is 33.6 Å². The third-order valence-electron chi connectivity index (χ3n) is 6.18. The predicted octanol–water partition coefficient (Wildman–Crippen LogP) is 5.52. The molecule has 0 heterocycles. The Morgan fingerprint density at radius 2 is 1.95 bits per heavy atom. The molecule has 0 unspecified atom stereocenters. The van der Waals surface area contributed by atoms with Gasteiger partial charge in [0.05, 0.1) is 21.1 Å². The number of hydrogen-bond acceptors (Lipinski definition) is 1. The van der Waals surface area contributed by atoms with Crippen LogP contribution in [0.15, 0.2) is 18.2 Å². The van der Waals surface area contributed by atoms with Crippen molar-refractivity contribution in [2.45, 2.75) is 38.4 Å².